The van der Waals surface area contributed by atoms with Gasteiger partial charge in [0.2, 0.25) is 0 Å². The minimum atomic E-state index is 0.428. The summed E-state index contributed by atoms with van der Waals surface area (Å²) >= 11 is 0. The van der Waals surface area contributed by atoms with E-state index in [-0.39, 0.29) is 0 Å². The lowest BCUT2D eigenvalue weighted by molar-refractivity contribution is 0.0341. The maximum atomic E-state index is 8.37. The molecule has 5 nitrogen and oxygen atoms in total. The van der Waals surface area contributed by atoms with Crippen LogP contribution in [0.3, 0.4) is 0 Å². The molecule has 1 aromatic carbocycles. The van der Waals surface area contributed by atoms with Crippen LogP contribution in [0.5, 0.6) is 0 Å². The van der Waals surface area contributed by atoms with Gasteiger partial charge in [0.1, 0.15) is 0 Å². The standard InChI is InChI=1S/C12H16N4O/c13-15-14-9-11-3-1-2-4-12(11)10-16-5-7-17-8-6-16/h1-4H,5-10H2. The molecular formula is C12H16N4O. The van der Waals surface area contributed by atoms with Crippen molar-refractivity contribution >= 4 is 0 Å². The van der Waals surface area contributed by atoms with Crippen LogP contribution in [0.2, 0.25) is 0 Å². The Balaban J connectivity index is 2.05. The third-order valence-corrected chi connectivity index (χ3v) is 2.92. The molecule has 90 valence electrons. The van der Waals surface area contributed by atoms with E-state index in [2.05, 4.69) is 21.0 Å². The van der Waals surface area contributed by atoms with Crippen LogP contribution in [0.1, 0.15) is 11.1 Å². The fraction of sp³-hybridized carbons (Fsp3) is 0.500. The summed E-state index contributed by atoms with van der Waals surface area (Å²) in [5, 5.41) is 3.63. The molecule has 2 rings (SSSR count). The zero-order valence-corrected chi connectivity index (χ0v) is 9.75. The SMILES string of the molecule is [N-]=[N+]=NCc1ccccc1CN1CCOCC1. The topological polar surface area (TPSA) is 61.2 Å². The van der Waals surface area contributed by atoms with Crippen LogP contribution in [0, 0.1) is 0 Å². The minimum Gasteiger partial charge on any atom is -0.379 e. The van der Waals surface area contributed by atoms with Gasteiger partial charge in [-0.3, -0.25) is 4.90 Å². The first kappa shape index (κ1) is 11.9. The van der Waals surface area contributed by atoms with Crippen molar-refractivity contribution in [2.75, 3.05) is 26.3 Å². The molecular weight excluding hydrogens is 216 g/mol. The van der Waals surface area contributed by atoms with Gasteiger partial charge in [0.15, 0.2) is 0 Å². The quantitative estimate of drug-likeness (QED) is 0.454. The first-order chi connectivity index (χ1) is 8.40. The Morgan fingerprint density at radius 1 is 1.24 bits per heavy atom. The number of morpholine rings is 1. The van der Waals surface area contributed by atoms with E-state index in [0.717, 1.165) is 38.4 Å². The molecule has 0 N–H and O–H groups in total. The van der Waals surface area contributed by atoms with E-state index in [1.807, 2.05) is 18.2 Å². The van der Waals surface area contributed by atoms with Gasteiger partial charge >= 0.3 is 0 Å². The van der Waals surface area contributed by atoms with E-state index >= 15 is 0 Å². The lowest BCUT2D eigenvalue weighted by Crippen LogP contribution is -2.35. The highest BCUT2D eigenvalue weighted by molar-refractivity contribution is 5.27. The molecule has 5 heteroatoms. The Bertz CT molecular complexity index is 409. The maximum Gasteiger partial charge on any atom is 0.0594 e. The summed E-state index contributed by atoms with van der Waals surface area (Å²) in [7, 11) is 0. The van der Waals surface area contributed by atoms with Crippen LogP contribution >= 0.6 is 0 Å². The molecule has 0 bridgehead atoms. The summed E-state index contributed by atoms with van der Waals surface area (Å²) < 4.78 is 5.32. The second-order valence-corrected chi connectivity index (χ2v) is 4.05. The molecule has 0 unspecified atom stereocenters. The Morgan fingerprint density at radius 3 is 2.65 bits per heavy atom. The van der Waals surface area contributed by atoms with E-state index in [4.69, 9.17) is 10.3 Å². The molecule has 0 aromatic heterocycles. The van der Waals surface area contributed by atoms with Crippen LogP contribution in [0.15, 0.2) is 29.4 Å². The second kappa shape index (κ2) is 6.25. The van der Waals surface area contributed by atoms with E-state index < -0.39 is 0 Å². The number of rotatable bonds is 4. The van der Waals surface area contributed by atoms with Crippen molar-refractivity contribution in [2.45, 2.75) is 13.1 Å². The number of nitrogens with zero attached hydrogens (tertiary/aromatic N) is 4. The zero-order chi connectivity index (χ0) is 11.9. The van der Waals surface area contributed by atoms with Crippen molar-refractivity contribution in [1.82, 2.24) is 4.90 Å². The first-order valence-electron chi connectivity index (χ1n) is 5.78. The molecule has 1 aromatic rings. The molecule has 1 aliphatic rings. The summed E-state index contributed by atoms with van der Waals surface area (Å²) in [5.74, 6) is 0. The molecule has 0 spiro atoms. The summed E-state index contributed by atoms with van der Waals surface area (Å²) in [4.78, 5) is 5.17. The van der Waals surface area contributed by atoms with Crippen molar-refractivity contribution in [2.24, 2.45) is 5.11 Å². The van der Waals surface area contributed by atoms with Crippen LogP contribution in [0.25, 0.3) is 10.4 Å². The Kier molecular flexibility index (Phi) is 4.38. The molecule has 0 atom stereocenters. The summed E-state index contributed by atoms with van der Waals surface area (Å²) in [6, 6.07) is 8.11. The second-order valence-electron chi connectivity index (χ2n) is 4.05. The Morgan fingerprint density at radius 2 is 1.94 bits per heavy atom. The van der Waals surface area contributed by atoms with Crippen molar-refractivity contribution in [3.63, 3.8) is 0 Å². The predicted octanol–water partition coefficient (Wildman–Crippen LogP) is 2.33. The molecule has 0 radical (unpaired) electrons. The average Bonchev–Trinajstić information content (AvgIpc) is 2.39. The lowest BCUT2D eigenvalue weighted by Gasteiger charge is -2.27. The van der Waals surface area contributed by atoms with Crippen molar-refractivity contribution in [3.05, 3.63) is 45.8 Å². The van der Waals surface area contributed by atoms with Crippen molar-refractivity contribution in [1.29, 1.82) is 0 Å². The number of ether oxygens (including phenoxy) is 1. The van der Waals surface area contributed by atoms with E-state index in [0.29, 0.717) is 6.54 Å². The number of hydrogen-bond acceptors (Lipinski definition) is 3. The third-order valence-electron chi connectivity index (χ3n) is 2.92. The van der Waals surface area contributed by atoms with E-state index in [1.165, 1.54) is 5.56 Å². The molecule has 0 amide bonds. The highest BCUT2D eigenvalue weighted by Crippen LogP contribution is 2.14. The summed E-state index contributed by atoms with van der Waals surface area (Å²) in [5.41, 5.74) is 10.7. The molecule has 0 saturated carbocycles. The van der Waals surface area contributed by atoms with Crippen LogP contribution in [-0.4, -0.2) is 31.2 Å². The Labute approximate surface area is 101 Å². The molecule has 0 aliphatic carbocycles. The van der Waals surface area contributed by atoms with Gasteiger partial charge in [0, 0.05) is 24.5 Å². The number of azide groups is 1. The monoisotopic (exact) mass is 232 g/mol. The van der Waals surface area contributed by atoms with Gasteiger partial charge < -0.3 is 4.74 Å². The molecule has 1 heterocycles. The number of benzene rings is 1. The van der Waals surface area contributed by atoms with Gasteiger partial charge in [-0.2, -0.15) is 0 Å². The zero-order valence-electron chi connectivity index (χ0n) is 9.75. The van der Waals surface area contributed by atoms with Gasteiger partial charge in [0.05, 0.1) is 19.8 Å². The fourth-order valence-corrected chi connectivity index (χ4v) is 1.97. The van der Waals surface area contributed by atoms with E-state index in [9.17, 15) is 0 Å². The highest BCUT2D eigenvalue weighted by atomic mass is 16.5. The molecule has 1 fully saturated rings. The van der Waals surface area contributed by atoms with Crippen molar-refractivity contribution in [3.8, 4) is 0 Å². The largest absolute Gasteiger partial charge is 0.379 e. The third kappa shape index (κ3) is 3.46. The summed E-state index contributed by atoms with van der Waals surface area (Å²) in [6.07, 6.45) is 0. The Hall–Kier alpha value is -1.55. The van der Waals surface area contributed by atoms with Crippen molar-refractivity contribution < 1.29 is 4.74 Å². The van der Waals surface area contributed by atoms with Gasteiger partial charge in [0.25, 0.3) is 0 Å². The average molecular weight is 232 g/mol. The molecule has 1 aliphatic heterocycles. The molecule has 1 saturated heterocycles. The minimum absolute atomic E-state index is 0.428. The van der Waals surface area contributed by atoms with Gasteiger partial charge in [-0.05, 0) is 16.7 Å². The van der Waals surface area contributed by atoms with E-state index in [1.54, 1.807) is 0 Å². The lowest BCUT2D eigenvalue weighted by atomic mass is 10.1. The van der Waals surface area contributed by atoms with Crippen LogP contribution in [0.4, 0.5) is 0 Å². The van der Waals surface area contributed by atoms with Crippen LogP contribution < -0.4 is 0 Å². The highest BCUT2D eigenvalue weighted by Gasteiger charge is 2.12. The van der Waals surface area contributed by atoms with Crippen LogP contribution in [-0.2, 0) is 17.8 Å². The molecule has 17 heavy (non-hydrogen) atoms. The smallest absolute Gasteiger partial charge is 0.0594 e. The van der Waals surface area contributed by atoms with Gasteiger partial charge in [-0.1, -0.05) is 29.4 Å². The van der Waals surface area contributed by atoms with Gasteiger partial charge in [-0.15, -0.1) is 0 Å². The maximum absolute atomic E-state index is 8.37. The normalized spacial score (nSPS) is 16.5. The fourth-order valence-electron chi connectivity index (χ4n) is 1.97. The predicted molar refractivity (Wildman–Crippen MR) is 65.4 cm³/mol. The van der Waals surface area contributed by atoms with Gasteiger partial charge in [-0.25, -0.2) is 0 Å². The summed E-state index contributed by atoms with van der Waals surface area (Å²) in [6.45, 7) is 4.88. The first-order valence-corrected chi connectivity index (χ1v) is 5.78. The number of hydrogen-bond donors (Lipinski definition) is 0.